The van der Waals surface area contributed by atoms with E-state index >= 15 is 0 Å². The van der Waals surface area contributed by atoms with E-state index in [0.29, 0.717) is 6.04 Å². The average Bonchev–Trinajstić information content (AvgIpc) is 3.35. The fourth-order valence-corrected chi connectivity index (χ4v) is 3.63. The number of rotatable bonds is 5. The molecule has 4 nitrogen and oxygen atoms in total. The molecule has 2 aliphatic rings. The maximum atomic E-state index is 13.9. The van der Waals surface area contributed by atoms with Gasteiger partial charge < -0.3 is 15.5 Å². The molecule has 1 aromatic carbocycles. The molecule has 0 bridgehead atoms. The third kappa shape index (κ3) is 5.54. The quantitative estimate of drug-likeness (QED) is 0.403. The second-order valence-electron chi connectivity index (χ2n) is 6.95. The molecule has 2 unspecified atom stereocenters. The molecule has 3 rings (SSSR count). The lowest BCUT2D eigenvalue weighted by Crippen LogP contribution is -2.49. The zero-order valence-corrected chi connectivity index (χ0v) is 17.5. The fourth-order valence-electron chi connectivity index (χ4n) is 3.63. The van der Waals surface area contributed by atoms with E-state index in [1.54, 1.807) is 12.1 Å². The van der Waals surface area contributed by atoms with Crippen molar-refractivity contribution in [2.75, 3.05) is 26.7 Å². The van der Waals surface area contributed by atoms with Gasteiger partial charge in [0.2, 0.25) is 0 Å². The van der Waals surface area contributed by atoms with Crippen molar-refractivity contribution < 1.29 is 4.39 Å². The van der Waals surface area contributed by atoms with Crippen LogP contribution in [0.4, 0.5) is 4.39 Å². The number of benzene rings is 1. The van der Waals surface area contributed by atoms with Gasteiger partial charge in [-0.05, 0) is 43.9 Å². The second kappa shape index (κ2) is 9.71. The van der Waals surface area contributed by atoms with Crippen molar-refractivity contribution in [2.45, 2.75) is 50.6 Å². The van der Waals surface area contributed by atoms with Crippen LogP contribution in [0.25, 0.3) is 0 Å². The average molecular weight is 460 g/mol. The van der Waals surface area contributed by atoms with Crippen LogP contribution in [-0.2, 0) is 0 Å². The van der Waals surface area contributed by atoms with Gasteiger partial charge in [0.15, 0.2) is 5.96 Å². The lowest BCUT2D eigenvalue weighted by Gasteiger charge is -2.32. The summed E-state index contributed by atoms with van der Waals surface area (Å²) in [4.78, 5) is 6.89. The third-order valence-electron chi connectivity index (χ3n) is 5.11. The molecule has 140 valence electrons. The highest BCUT2D eigenvalue weighted by molar-refractivity contribution is 14.0. The minimum atomic E-state index is -0.0990. The molecule has 1 aromatic rings. The number of nitrogens with one attached hydrogen (secondary N) is 2. The molecule has 2 N–H and O–H groups in total. The predicted molar refractivity (Wildman–Crippen MR) is 112 cm³/mol. The standard InChI is InChI=1S/C19H29FN4.HI/c1-3-10-24-11-8-14(9-12-24)22-19(21-2)23-18-13-16(18)15-6-4-5-7-17(15)20;/h4-7,14,16,18H,3,8-13H2,1-2H3,(H2,21,22,23);1H. The van der Waals surface area contributed by atoms with Crippen LogP contribution in [0.5, 0.6) is 0 Å². The summed E-state index contributed by atoms with van der Waals surface area (Å²) in [5.74, 6) is 1.02. The van der Waals surface area contributed by atoms with Gasteiger partial charge in [0.1, 0.15) is 5.82 Å². The fraction of sp³-hybridized carbons (Fsp3) is 0.632. The molecule has 2 atom stereocenters. The van der Waals surface area contributed by atoms with Crippen molar-refractivity contribution in [3.8, 4) is 0 Å². The molecule has 1 heterocycles. The number of nitrogens with zero attached hydrogens (tertiary/aromatic N) is 2. The summed E-state index contributed by atoms with van der Waals surface area (Å²) in [6.45, 7) is 5.75. The second-order valence-corrected chi connectivity index (χ2v) is 6.95. The molecule has 1 saturated heterocycles. The molecular weight excluding hydrogens is 430 g/mol. The van der Waals surface area contributed by atoms with Gasteiger partial charge >= 0.3 is 0 Å². The smallest absolute Gasteiger partial charge is 0.191 e. The van der Waals surface area contributed by atoms with Crippen LogP contribution >= 0.6 is 24.0 Å². The highest BCUT2D eigenvalue weighted by Gasteiger charge is 2.40. The van der Waals surface area contributed by atoms with Crippen LogP contribution in [0.1, 0.15) is 44.1 Å². The van der Waals surface area contributed by atoms with Crippen LogP contribution in [0, 0.1) is 5.82 Å². The number of piperidine rings is 1. The first kappa shape index (κ1) is 20.4. The first-order chi connectivity index (χ1) is 11.7. The Morgan fingerprint density at radius 1 is 1.24 bits per heavy atom. The number of likely N-dealkylation sites (tertiary alicyclic amines) is 1. The SMILES string of the molecule is CCCN1CCC(NC(=NC)NC2CC2c2ccccc2F)CC1.I. The van der Waals surface area contributed by atoms with E-state index in [1.165, 1.54) is 13.0 Å². The van der Waals surface area contributed by atoms with Gasteiger partial charge in [0.25, 0.3) is 0 Å². The van der Waals surface area contributed by atoms with Crippen LogP contribution in [0.3, 0.4) is 0 Å². The summed E-state index contributed by atoms with van der Waals surface area (Å²) >= 11 is 0. The Balaban J connectivity index is 0.00000225. The molecular formula is C19H30FIN4. The normalized spacial score (nSPS) is 24.5. The Labute approximate surface area is 167 Å². The zero-order valence-electron chi connectivity index (χ0n) is 15.2. The van der Waals surface area contributed by atoms with Crippen molar-refractivity contribution in [3.05, 3.63) is 35.6 Å². The number of halogens is 2. The van der Waals surface area contributed by atoms with Crippen LogP contribution in [0.15, 0.2) is 29.3 Å². The molecule has 1 aliphatic carbocycles. The molecule has 0 spiro atoms. The summed E-state index contributed by atoms with van der Waals surface area (Å²) in [5, 5.41) is 7.00. The number of aliphatic imine (C=N–C) groups is 1. The maximum Gasteiger partial charge on any atom is 0.191 e. The van der Waals surface area contributed by atoms with Gasteiger partial charge in [-0.3, -0.25) is 4.99 Å². The minimum Gasteiger partial charge on any atom is -0.354 e. The Morgan fingerprint density at radius 3 is 2.60 bits per heavy atom. The van der Waals surface area contributed by atoms with Crippen molar-refractivity contribution >= 4 is 29.9 Å². The number of guanidine groups is 1. The van der Waals surface area contributed by atoms with Crippen molar-refractivity contribution in [1.82, 2.24) is 15.5 Å². The Morgan fingerprint density at radius 2 is 1.96 bits per heavy atom. The molecule has 0 amide bonds. The molecule has 0 radical (unpaired) electrons. The minimum absolute atomic E-state index is 0. The molecule has 25 heavy (non-hydrogen) atoms. The molecule has 6 heteroatoms. The Hall–Kier alpha value is -0.890. The summed E-state index contributed by atoms with van der Waals surface area (Å²) in [7, 11) is 1.81. The largest absolute Gasteiger partial charge is 0.354 e. The number of hydrogen-bond acceptors (Lipinski definition) is 2. The van der Waals surface area contributed by atoms with Crippen LogP contribution < -0.4 is 10.6 Å². The summed E-state index contributed by atoms with van der Waals surface area (Å²) < 4.78 is 13.9. The Kier molecular flexibility index (Phi) is 7.93. The highest BCUT2D eigenvalue weighted by atomic mass is 127. The predicted octanol–water partition coefficient (Wildman–Crippen LogP) is 3.34. The van der Waals surface area contributed by atoms with Gasteiger partial charge in [0.05, 0.1) is 0 Å². The van der Waals surface area contributed by atoms with Gasteiger partial charge in [0, 0.05) is 38.1 Å². The van der Waals surface area contributed by atoms with Crippen molar-refractivity contribution in [3.63, 3.8) is 0 Å². The van der Waals surface area contributed by atoms with Crippen molar-refractivity contribution in [2.24, 2.45) is 4.99 Å². The monoisotopic (exact) mass is 460 g/mol. The van der Waals surface area contributed by atoms with E-state index in [4.69, 9.17) is 0 Å². The Bertz CT molecular complexity index is 572. The molecule has 1 saturated carbocycles. The van der Waals surface area contributed by atoms with E-state index in [2.05, 4.69) is 27.4 Å². The van der Waals surface area contributed by atoms with E-state index < -0.39 is 0 Å². The van der Waals surface area contributed by atoms with E-state index in [-0.39, 0.29) is 41.8 Å². The highest BCUT2D eigenvalue weighted by Crippen LogP contribution is 2.41. The third-order valence-corrected chi connectivity index (χ3v) is 5.11. The summed E-state index contributed by atoms with van der Waals surface area (Å²) in [6.07, 6.45) is 4.50. The van der Waals surface area contributed by atoms with Crippen LogP contribution in [-0.4, -0.2) is 49.6 Å². The van der Waals surface area contributed by atoms with E-state index in [0.717, 1.165) is 43.9 Å². The topological polar surface area (TPSA) is 39.7 Å². The molecule has 2 fully saturated rings. The molecule has 0 aromatic heterocycles. The number of hydrogen-bond donors (Lipinski definition) is 2. The first-order valence-electron chi connectivity index (χ1n) is 9.18. The van der Waals surface area contributed by atoms with Crippen molar-refractivity contribution in [1.29, 1.82) is 0 Å². The summed E-state index contributed by atoms with van der Waals surface area (Å²) in [5.41, 5.74) is 0.818. The lowest BCUT2D eigenvalue weighted by molar-refractivity contribution is 0.206. The zero-order chi connectivity index (χ0) is 16.9. The van der Waals surface area contributed by atoms with Gasteiger partial charge in [-0.2, -0.15) is 0 Å². The van der Waals surface area contributed by atoms with Gasteiger partial charge in [-0.1, -0.05) is 25.1 Å². The lowest BCUT2D eigenvalue weighted by atomic mass is 10.1. The van der Waals surface area contributed by atoms with Crippen LogP contribution in [0.2, 0.25) is 0 Å². The first-order valence-corrected chi connectivity index (χ1v) is 9.18. The van der Waals surface area contributed by atoms with E-state index in [9.17, 15) is 4.39 Å². The van der Waals surface area contributed by atoms with E-state index in [1.807, 2.05) is 19.2 Å². The van der Waals surface area contributed by atoms with Gasteiger partial charge in [-0.25, -0.2) is 4.39 Å². The summed E-state index contributed by atoms with van der Waals surface area (Å²) in [6, 6.07) is 7.85. The van der Waals surface area contributed by atoms with Gasteiger partial charge in [-0.15, -0.1) is 24.0 Å². The molecule has 1 aliphatic heterocycles. The maximum absolute atomic E-state index is 13.9.